The standard InChI is InChI=1S/C18H21NO6S2/c1-26(21,22)11-10-25-17-5-3-4-16(12-17)19-18(20)15-8-6-14(7-9-15)13-27(2,23)24/h3-9,12H,10-11,13H2,1-2H3,(H,19,20). The van der Waals surface area contributed by atoms with Crippen LogP contribution in [0.5, 0.6) is 5.75 Å². The van der Waals surface area contributed by atoms with E-state index < -0.39 is 19.7 Å². The summed E-state index contributed by atoms with van der Waals surface area (Å²) in [6.45, 7) is 0.0258. The summed E-state index contributed by atoms with van der Waals surface area (Å²) >= 11 is 0. The van der Waals surface area contributed by atoms with E-state index in [1.54, 1.807) is 48.5 Å². The highest BCUT2D eigenvalue weighted by Crippen LogP contribution is 2.18. The number of hydrogen-bond donors (Lipinski definition) is 1. The van der Waals surface area contributed by atoms with Crippen LogP contribution < -0.4 is 10.1 Å². The fraction of sp³-hybridized carbons (Fsp3) is 0.278. The van der Waals surface area contributed by atoms with Crippen LogP contribution in [0.15, 0.2) is 48.5 Å². The van der Waals surface area contributed by atoms with Gasteiger partial charge in [0, 0.05) is 29.8 Å². The van der Waals surface area contributed by atoms with Crippen LogP contribution >= 0.6 is 0 Å². The number of rotatable bonds is 8. The van der Waals surface area contributed by atoms with Gasteiger partial charge < -0.3 is 10.1 Å². The van der Waals surface area contributed by atoms with Gasteiger partial charge in [-0.05, 0) is 29.8 Å². The number of carbonyl (C=O) groups is 1. The summed E-state index contributed by atoms with van der Waals surface area (Å²) in [6, 6.07) is 12.9. The second-order valence-electron chi connectivity index (χ2n) is 6.23. The Labute approximate surface area is 159 Å². The first-order valence-electron chi connectivity index (χ1n) is 8.00. The maximum absolute atomic E-state index is 12.3. The molecule has 1 amide bonds. The summed E-state index contributed by atoms with van der Waals surface area (Å²) in [5.74, 6) is -0.0836. The van der Waals surface area contributed by atoms with E-state index in [2.05, 4.69) is 5.32 Å². The van der Waals surface area contributed by atoms with Gasteiger partial charge >= 0.3 is 0 Å². The molecule has 0 fully saturated rings. The molecule has 1 N–H and O–H groups in total. The summed E-state index contributed by atoms with van der Waals surface area (Å²) < 4.78 is 50.2. The van der Waals surface area contributed by atoms with Gasteiger partial charge in [-0.3, -0.25) is 4.79 Å². The summed E-state index contributed by atoms with van der Waals surface area (Å²) in [5.41, 5.74) is 1.49. The van der Waals surface area contributed by atoms with Crippen LogP contribution in [-0.4, -0.2) is 47.6 Å². The predicted octanol–water partition coefficient (Wildman–Crippen LogP) is 1.91. The molecule has 146 valence electrons. The van der Waals surface area contributed by atoms with Crippen molar-refractivity contribution in [3.63, 3.8) is 0 Å². The van der Waals surface area contributed by atoms with Gasteiger partial charge in [0.25, 0.3) is 5.91 Å². The Morgan fingerprint density at radius 2 is 1.63 bits per heavy atom. The molecule has 0 aliphatic carbocycles. The van der Waals surface area contributed by atoms with Crippen molar-refractivity contribution in [2.75, 3.05) is 30.2 Å². The summed E-state index contributed by atoms with van der Waals surface area (Å²) in [4.78, 5) is 12.3. The molecule has 9 heteroatoms. The summed E-state index contributed by atoms with van der Waals surface area (Å²) in [5, 5.41) is 2.72. The van der Waals surface area contributed by atoms with E-state index in [9.17, 15) is 21.6 Å². The second kappa shape index (κ2) is 8.53. The molecule has 0 heterocycles. The zero-order valence-electron chi connectivity index (χ0n) is 15.0. The summed E-state index contributed by atoms with van der Waals surface area (Å²) in [6.07, 6.45) is 2.28. The Kier molecular flexibility index (Phi) is 6.61. The van der Waals surface area contributed by atoms with Crippen LogP contribution in [0.3, 0.4) is 0 Å². The number of carbonyl (C=O) groups excluding carboxylic acids is 1. The smallest absolute Gasteiger partial charge is 0.255 e. The molecule has 0 spiro atoms. The van der Waals surface area contributed by atoms with E-state index in [1.165, 1.54) is 0 Å². The molecule has 7 nitrogen and oxygen atoms in total. The lowest BCUT2D eigenvalue weighted by Gasteiger charge is -2.09. The minimum absolute atomic E-state index is 0.0258. The first-order valence-corrected chi connectivity index (χ1v) is 12.1. The minimum Gasteiger partial charge on any atom is -0.492 e. The Morgan fingerprint density at radius 3 is 2.22 bits per heavy atom. The van der Waals surface area contributed by atoms with Gasteiger partial charge in [0.15, 0.2) is 19.7 Å². The van der Waals surface area contributed by atoms with Crippen LogP contribution in [0.25, 0.3) is 0 Å². The number of ether oxygens (including phenoxy) is 1. The molecule has 0 unspecified atom stereocenters. The zero-order valence-corrected chi connectivity index (χ0v) is 16.6. The number of hydrogen-bond acceptors (Lipinski definition) is 6. The fourth-order valence-electron chi connectivity index (χ4n) is 2.23. The van der Waals surface area contributed by atoms with Crippen LogP contribution in [0.2, 0.25) is 0 Å². The molecule has 27 heavy (non-hydrogen) atoms. The highest BCUT2D eigenvalue weighted by Gasteiger charge is 2.09. The van der Waals surface area contributed by atoms with Gasteiger partial charge in [0.2, 0.25) is 0 Å². The fourth-order valence-corrected chi connectivity index (χ4v) is 3.42. The van der Waals surface area contributed by atoms with Crippen molar-refractivity contribution in [3.05, 3.63) is 59.7 Å². The van der Waals surface area contributed by atoms with E-state index in [4.69, 9.17) is 4.74 Å². The lowest BCUT2D eigenvalue weighted by Crippen LogP contribution is -2.13. The zero-order chi connectivity index (χ0) is 20.1. The van der Waals surface area contributed by atoms with Crippen molar-refractivity contribution in [3.8, 4) is 5.75 Å². The molecule has 0 saturated heterocycles. The molecule has 0 bridgehead atoms. The molecular formula is C18H21NO6S2. The third-order valence-corrected chi connectivity index (χ3v) is 5.23. The van der Waals surface area contributed by atoms with Crippen LogP contribution in [0, 0.1) is 0 Å². The van der Waals surface area contributed by atoms with E-state index in [0.717, 1.165) is 12.5 Å². The molecule has 0 aromatic heterocycles. The number of amides is 1. The summed E-state index contributed by atoms with van der Waals surface area (Å²) in [7, 11) is -6.24. The first-order chi connectivity index (χ1) is 12.5. The van der Waals surface area contributed by atoms with E-state index in [0.29, 0.717) is 22.6 Å². The number of benzene rings is 2. The molecule has 2 rings (SSSR count). The molecule has 0 atom stereocenters. The van der Waals surface area contributed by atoms with Crippen LogP contribution in [0.1, 0.15) is 15.9 Å². The van der Waals surface area contributed by atoms with Gasteiger partial charge in [0.1, 0.15) is 12.4 Å². The molecule has 0 aliphatic heterocycles. The highest BCUT2D eigenvalue weighted by molar-refractivity contribution is 7.90. The predicted molar refractivity (Wildman–Crippen MR) is 105 cm³/mol. The Balaban J connectivity index is 2.00. The maximum Gasteiger partial charge on any atom is 0.255 e. The number of sulfone groups is 2. The van der Waals surface area contributed by atoms with Crippen molar-refractivity contribution in [1.29, 1.82) is 0 Å². The molecule has 0 radical (unpaired) electrons. The van der Waals surface area contributed by atoms with Gasteiger partial charge in [0.05, 0.1) is 11.5 Å². The van der Waals surface area contributed by atoms with E-state index in [1.807, 2.05) is 0 Å². The highest BCUT2D eigenvalue weighted by atomic mass is 32.2. The van der Waals surface area contributed by atoms with Crippen molar-refractivity contribution in [1.82, 2.24) is 0 Å². The molecular weight excluding hydrogens is 390 g/mol. The lowest BCUT2D eigenvalue weighted by atomic mass is 10.1. The second-order valence-corrected chi connectivity index (χ2v) is 10.6. The third kappa shape index (κ3) is 7.79. The Hall–Kier alpha value is -2.39. The Morgan fingerprint density at radius 1 is 0.963 bits per heavy atom. The molecule has 0 saturated carbocycles. The number of anilines is 1. The maximum atomic E-state index is 12.3. The largest absolute Gasteiger partial charge is 0.492 e. The quantitative estimate of drug-likeness (QED) is 0.711. The van der Waals surface area contributed by atoms with Crippen LogP contribution in [-0.2, 0) is 25.4 Å². The monoisotopic (exact) mass is 411 g/mol. The first kappa shape index (κ1) is 20.9. The van der Waals surface area contributed by atoms with Crippen molar-refractivity contribution >= 4 is 31.3 Å². The Bertz CT molecular complexity index is 1010. The number of nitrogens with one attached hydrogen (secondary N) is 1. The molecule has 2 aromatic carbocycles. The van der Waals surface area contributed by atoms with Gasteiger partial charge in [-0.1, -0.05) is 18.2 Å². The van der Waals surface area contributed by atoms with Crippen LogP contribution in [0.4, 0.5) is 5.69 Å². The van der Waals surface area contributed by atoms with Gasteiger partial charge in [-0.25, -0.2) is 16.8 Å². The topological polar surface area (TPSA) is 107 Å². The molecule has 0 aliphatic rings. The molecule has 2 aromatic rings. The average molecular weight is 412 g/mol. The van der Waals surface area contributed by atoms with Crippen molar-refractivity contribution in [2.45, 2.75) is 5.75 Å². The van der Waals surface area contributed by atoms with Gasteiger partial charge in [-0.2, -0.15) is 0 Å². The van der Waals surface area contributed by atoms with Crippen molar-refractivity contribution in [2.24, 2.45) is 0 Å². The third-order valence-electron chi connectivity index (χ3n) is 3.46. The minimum atomic E-state index is -3.13. The lowest BCUT2D eigenvalue weighted by molar-refractivity contribution is 0.102. The van der Waals surface area contributed by atoms with E-state index >= 15 is 0 Å². The SMILES string of the molecule is CS(=O)(=O)CCOc1cccc(NC(=O)c2ccc(CS(C)(=O)=O)cc2)c1. The van der Waals surface area contributed by atoms with Crippen molar-refractivity contribution < 1.29 is 26.4 Å². The average Bonchev–Trinajstić information content (AvgIpc) is 2.53. The van der Waals surface area contributed by atoms with Gasteiger partial charge in [-0.15, -0.1) is 0 Å². The normalized spacial score (nSPS) is 11.8. The van der Waals surface area contributed by atoms with E-state index in [-0.39, 0.29) is 24.0 Å².